The Labute approximate surface area is 193 Å². The Morgan fingerprint density at radius 3 is 2.52 bits per heavy atom. The lowest BCUT2D eigenvalue weighted by atomic mass is 10.0. The average molecular weight is 452 g/mol. The van der Waals surface area contributed by atoms with Crippen LogP contribution in [0.4, 0.5) is 0 Å². The third-order valence-electron chi connectivity index (χ3n) is 5.97. The fourth-order valence-corrected chi connectivity index (χ4v) is 4.43. The Morgan fingerprint density at radius 2 is 1.82 bits per heavy atom. The van der Waals surface area contributed by atoms with Gasteiger partial charge >= 0.3 is 0 Å². The van der Waals surface area contributed by atoms with Crippen LogP contribution in [0.3, 0.4) is 0 Å². The molecular weight excluding hydrogens is 422 g/mol. The standard InChI is InChI=1S/C25H29N3O5/c1-25(2)32-21(23(29)26-15-17-10-12-18(13-11-17)16-27-31)22(33-25)24(30)28-14-6-9-20(28)19-7-4-3-5-8-19/h3-5,7-8,10-13,16,20-22,31H,6,9,14-15H2,1-2H3,(H,26,29)/b27-16-/t20-,21-,22-/m1/s1. The molecule has 8 heteroatoms. The highest BCUT2D eigenvalue weighted by Crippen LogP contribution is 2.36. The first-order valence-electron chi connectivity index (χ1n) is 11.1. The van der Waals surface area contributed by atoms with Gasteiger partial charge in [0.15, 0.2) is 18.0 Å². The molecule has 8 nitrogen and oxygen atoms in total. The molecule has 2 amide bonds. The number of oxime groups is 1. The summed E-state index contributed by atoms with van der Waals surface area (Å²) in [4.78, 5) is 28.3. The summed E-state index contributed by atoms with van der Waals surface area (Å²) in [5.74, 6) is -1.66. The number of ether oxygens (including phenoxy) is 2. The van der Waals surface area contributed by atoms with Gasteiger partial charge in [0.05, 0.1) is 12.3 Å². The van der Waals surface area contributed by atoms with E-state index in [0.717, 1.165) is 29.5 Å². The molecule has 3 atom stereocenters. The van der Waals surface area contributed by atoms with Crippen LogP contribution < -0.4 is 5.32 Å². The number of nitrogens with zero attached hydrogens (tertiary/aromatic N) is 2. The Bertz CT molecular complexity index is 1010. The monoisotopic (exact) mass is 451 g/mol. The minimum Gasteiger partial charge on any atom is -0.411 e. The number of carbonyl (C=O) groups excluding carboxylic acids is 2. The molecule has 0 aliphatic carbocycles. The first-order valence-corrected chi connectivity index (χ1v) is 11.1. The van der Waals surface area contributed by atoms with Crippen molar-refractivity contribution >= 4 is 18.0 Å². The number of carbonyl (C=O) groups is 2. The highest BCUT2D eigenvalue weighted by molar-refractivity contribution is 5.92. The molecule has 2 aromatic carbocycles. The Morgan fingerprint density at radius 1 is 1.12 bits per heavy atom. The maximum atomic E-state index is 13.5. The van der Waals surface area contributed by atoms with Crippen LogP contribution >= 0.6 is 0 Å². The van der Waals surface area contributed by atoms with Crippen LogP contribution in [0, 0.1) is 0 Å². The molecule has 0 bridgehead atoms. The topological polar surface area (TPSA) is 100 Å². The normalized spacial score (nSPS) is 24.3. The summed E-state index contributed by atoms with van der Waals surface area (Å²) in [6.07, 6.45) is 1.06. The summed E-state index contributed by atoms with van der Waals surface area (Å²) in [5, 5.41) is 14.5. The SMILES string of the molecule is CC1(C)O[C@@H](C(=O)NCc2ccc(/C=N\O)cc2)[C@H](C(=O)N2CCC[C@@H]2c2ccccc2)O1. The molecule has 0 saturated carbocycles. The molecule has 33 heavy (non-hydrogen) atoms. The molecule has 174 valence electrons. The van der Waals surface area contributed by atoms with E-state index in [1.807, 2.05) is 47.4 Å². The van der Waals surface area contributed by atoms with Crippen LogP contribution in [0.2, 0.25) is 0 Å². The van der Waals surface area contributed by atoms with E-state index in [-0.39, 0.29) is 18.5 Å². The van der Waals surface area contributed by atoms with Crippen molar-refractivity contribution in [2.45, 2.75) is 57.3 Å². The minimum atomic E-state index is -1.05. The van der Waals surface area contributed by atoms with Crippen molar-refractivity contribution in [2.24, 2.45) is 5.16 Å². The second kappa shape index (κ2) is 9.72. The molecule has 0 unspecified atom stereocenters. The Kier molecular flexibility index (Phi) is 6.76. The zero-order valence-electron chi connectivity index (χ0n) is 18.8. The van der Waals surface area contributed by atoms with Crippen molar-refractivity contribution in [2.75, 3.05) is 6.54 Å². The van der Waals surface area contributed by atoms with E-state index in [2.05, 4.69) is 10.5 Å². The van der Waals surface area contributed by atoms with Crippen molar-refractivity contribution in [1.82, 2.24) is 10.2 Å². The van der Waals surface area contributed by atoms with Gasteiger partial charge in [0, 0.05) is 13.1 Å². The number of likely N-dealkylation sites (tertiary alicyclic amines) is 1. The summed E-state index contributed by atoms with van der Waals surface area (Å²) in [5.41, 5.74) is 2.69. The molecular formula is C25H29N3O5. The molecule has 2 heterocycles. The quantitative estimate of drug-likeness (QED) is 0.400. The fourth-order valence-electron chi connectivity index (χ4n) is 4.43. The smallest absolute Gasteiger partial charge is 0.255 e. The van der Waals surface area contributed by atoms with Crippen molar-refractivity contribution < 1.29 is 24.3 Å². The van der Waals surface area contributed by atoms with E-state index in [1.54, 1.807) is 26.0 Å². The third kappa shape index (κ3) is 5.23. The van der Waals surface area contributed by atoms with Crippen LogP contribution in [-0.4, -0.2) is 52.7 Å². The van der Waals surface area contributed by atoms with Crippen LogP contribution in [0.25, 0.3) is 0 Å². The van der Waals surface area contributed by atoms with Gasteiger partial charge in [-0.2, -0.15) is 0 Å². The maximum Gasteiger partial charge on any atom is 0.255 e. The molecule has 0 spiro atoms. The largest absolute Gasteiger partial charge is 0.411 e. The van der Waals surface area contributed by atoms with Crippen molar-refractivity contribution in [3.8, 4) is 0 Å². The van der Waals surface area contributed by atoms with E-state index in [0.29, 0.717) is 6.54 Å². The number of hydrogen-bond donors (Lipinski definition) is 2. The Hall–Kier alpha value is -3.23. The zero-order valence-corrected chi connectivity index (χ0v) is 18.8. The van der Waals surface area contributed by atoms with Crippen LogP contribution in [0.1, 0.15) is 49.4 Å². The molecule has 4 rings (SSSR count). The van der Waals surface area contributed by atoms with Gasteiger partial charge in [-0.1, -0.05) is 59.8 Å². The van der Waals surface area contributed by atoms with Gasteiger partial charge in [0.2, 0.25) is 0 Å². The van der Waals surface area contributed by atoms with Crippen LogP contribution in [0.15, 0.2) is 59.8 Å². The van der Waals surface area contributed by atoms with Gasteiger partial charge in [0.1, 0.15) is 0 Å². The lowest BCUT2D eigenvalue weighted by molar-refractivity contribution is -0.163. The minimum absolute atomic E-state index is 0.0318. The molecule has 2 fully saturated rings. The van der Waals surface area contributed by atoms with Gasteiger partial charge < -0.3 is 24.9 Å². The molecule has 2 aliphatic rings. The second-order valence-corrected chi connectivity index (χ2v) is 8.78. The van der Waals surface area contributed by atoms with E-state index >= 15 is 0 Å². The van der Waals surface area contributed by atoms with E-state index < -0.39 is 23.9 Å². The van der Waals surface area contributed by atoms with Crippen LogP contribution in [0.5, 0.6) is 0 Å². The first-order chi connectivity index (χ1) is 15.9. The number of hydrogen-bond acceptors (Lipinski definition) is 6. The summed E-state index contributed by atoms with van der Waals surface area (Å²) < 4.78 is 11.8. The number of nitrogens with one attached hydrogen (secondary N) is 1. The third-order valence-corrected chi connectivity index (χ3v) is 5.97. The summed E-state index contributed by atoms with van der Waals surface area (Å²) in [6.45, 7) is 4.31. The van der Waals surface area contributed by atoms with Crippen molar-refractivity contribution in [3.63, 3.8) is 0 Å². The molecule has 0 radical (unpaired) electrons. The molecule has 2 aromatic rings. The van der Waals surface area contributed by atoms with Crippen molar-refractivity contribution in [1.29, 1.82) is 0 Å². The zero-order chi connectivity index (χ0) is 23.4. The van der Waals surface area contributed by atoms with Gasteiger partial charge in [-0.15, -0.1) is 0 Å². The van der Waals surface area contributed by atoms with E-state index in [9.17, 15) is 9.59 Å². The lowest BCUT2D eigenvalue weighted by Gasteiger charge is -2.28. The fraction of sp³-hybridized carbons (Fsp3) is 0.400. The van der Waals surface area contributed by atoms with Crippen LogP contribution in [-0.2, 0) is 25.6 Å². The second-order valence-electron chi connectivity index (χ2n) is 8.78. The summed E-state index contributed by atoms with van der Waals surface area (Å²) in [7, 11) is 0. The number of benzene rings is 2. The van der Waals surface area contributed by atoms with Gasteiger partial charge in [0.25, 0.3) is 11.8 Å². The predicted octanol–water partition coefficient (Wildman–Crippen LogP) is 2.99. The van der Waals surface area contributed by atoms with Crippen molar-refractivity contribution in [3.05, 3.63) is 71.3 Å². The molecule has 2 saturated heterocycles. The summed E-state index contributed by atoms with van der Waals surface area (Å²) in [6, 6.07) is 17.1. The molecule has 0 aromatic heterocycles. The summed E-state index contributed by atoms with van der Waals surface area (Å²) >= 11 is 0. The average Bonchev–Trinajstić information content (AvgIpc) is 3.43. The predicted molar refractivity (Wildman–Crippen MR) is 122 cm³/mol. The lowest BCUT2D eigenvalue weighted by Crippen LogP contribution is -2.49. The Balaban J connectivity index is 1.45. The van der Waals surface area contributed by atoms with Gasteiger partial charge in [-0.25, -0.2) is 0 Å². The molecule has 2 N–H and O–H groups in total. The molecule has 2 aliphatic heterocycles. The van der Waals surface area contributed by atoms with Gasteiger partial charge in [-0.3, -0.25) is 9.59 Å². The maximum absolute atomic E-state index is 13.5. The highest BCUT2D eigenvalue weighted by Gasteiger charge is 2.51. The number of amides is 2. The number of rotatable bonds is 6. The van der Waals surface area contributed by atoms with E-state index in [4.69, 9.17) is 14.7 Å². The first kappa shape index (κ1) is 22.9. The van der Waals surface area contributed by atoms with E-state index in [1.165, 1.54) is 6.21 Å². The highest BCUT2D eigenvalue weighted by atomic mass is 16.8. The van der Waals surface area contributed by atoms with Gasteiger partial charge in [-0.05, 0) is 43.4 Å².